The summed E-state index contributed by atoms with van der Waals surface area (Å²) in [4.78, 5) is 0. The predicted octanol–water partition coefficient (Wildman–Crippen LogP) is 5.98. The molecule has 0 spiro atoms. The van der Waals surface area contributed by atoms with Crippen molar-refractivity contribution in [1.82, 2.24) is 0 Å². The van der Waals surface area contributed by atoms with Crippen molar-refractivity contribution >= 4 is 5.57 Å². The van der Waals surface area contributed by atoms with Crippen molar-refractivity contribution in [3.05, 3.63) is 78.4 Å². The monoisotopic (exact) mass is 348 g/mol. The highest BCUT2D eigenvalue weighted by atomic mass is 16.6. The molecule has 136 valence electrons. The molecule has 1 aliphatic rings. The van der Waals surface area contributed by atoms with Gasteiger partial charge >= 0.3 is 0 Å². The standard InChI is InChI=1S/C24H28O2/c1-2-3-4-10-19-26-24(25)17-15-21(16-18-24)23-14-9-8-13-22(23)20-11-6-5-7-12-20/h5-9,11-17,25H,2-4,10,18-19H2,1H3. The smallest absolute Gasteiger partial charge is 0.189 e. The molecule has 0 saturated carbocycles. The van der Waals surface area contributed by atoms with Crippen LogP contribution in [0.15, 0.2) is 72.8 Å². The van der Waals surface area contributed by atoms with E-state index in [1.165, 1.54) is 29.5 Å². The summed E-state index contributed by atoms with van der Waals surface area (Å²) in [7, 11) is 0. The Balaban J connectivity index is 1.70. The molecule has 0 radical (unpaired) electrons. The van der Waals surface area contributed by atoms with E-state index in [1.54, 1.807) is 6.08 Å². The lowest BCUT2D eigenvalue weighted by atomic mass is 9.90. The third kappa shape index (κ3) is 4.72. The fraction of sp³-hybridized carbons (Fsp3) is 0.333. The van der Waals surface area contributed by atoms with E-state index in [0.29, 0.717) is 13.0 Å². The van der Waals surface area contributed by atoms with E-state index < -0.39 is 5.79 Å². The summed E-state index contributed by atoms with van der Waals surface area (Å²) in [6.45, 7) is 2.79. The summed E-state index contributed by atoms with van der Waals surface area (Å²) in [5.41, 5.74) is 4.71. The largest absolute Gasteiger partial charge is 0.362 e. The summed E-state index contributed by atoms with van der Waals surface area (Å²) < 4.78 is 5.74. The van der Waals surface area contributed by atoms with Crippen LogP contribution in [0.1, 0.15) is 44.6 Å². The lowest BCUT2D eigenvalue weighted by molar-refractivity contribution is -0.165. The summed E-state index contributed by atoms with van der Waals surface area (Å²) in [5, 5.41) is 10.6. The molecule has 2 nitrogen and oxygen atoms in total. The van der Waals surface area contributed by atoms with Gasteiger partial charge in [0.05, 0.1) is 6.61 Å². The summed E-state index contributed by atoms with van der Waals surface area (Å²) in [5.74, 6) is -1.17. The number of hydrogen-bond donors (Lipinski definition) is 1. The molecule has 0 aliphatic heterocycles. The number of aliphatic hydroxyl groups is 1. The maximum absolute atomic E-state index is 10.6. The SMILES string of the molecule is CCCCCCOC1(O)C=CC(c2ccccc2-c2ccccc2)=CC1. The molecule has 3 rings (SSSR count). The van der Waals surface area contributed by atoms with E-state index >= 15 is 0 Å². The Kier molecular flexibility index (Phi) is 6.43. The molecule has 1 N–H and O–H groups in total. The van der Waals surface area contributed by atoms with Gasteiger partial charge in [0, 0.05) is 6.42 Å². The van der Waals surface area contributed by atoms with Crippen molar-refractivity contribution in [2.75, 3.05) is 6.61 Å². The highest BCUT2D eigenvalue weighted by molar-refractivity contribution is 5.86. The van der Waals surface area contributed by atoms with E-state index in [2.05, 4.69) is 61.5 Å². The van der Waals surface area contributed by atoms with Gasteiger partial charge in [0.2, 0.25) is 0 Å². The second-order valence-corrected chi connectivity index (χ2v) is 6.86. The summed E-state index contributed by atoms with van der Waals surface area (Å²) >= 11 is 0. The van der Waals surface area contributed by atoms with Gasteiger partial charge in [0.15, 0.2) is 5.79 Å². The first kappa shape index (κ1) is 18.6. The fourth-order valence-electron chi connectivity index (χ4n) is 3.30. The average molecular weight is 348 g/mol. The number of hydrogen-bond acceptors (Lipinski definition) is 2. The molecule has 1 unspecified atom stereocenters. The first-order chi connectivity index (χ1) is 12.7. The molecule has 1 aliphatic carbocycles. The minimum Gasteiger partial charge on any atom is -0.362 e. The normalized spacial score (nSPS) is 19.4. The van der Waals surface area contributed by atoms with E-state index in [4.69, 9.17) is 4.74 Å². The van der Waals surface area contributed by atoms with Gasteiger partial charge in [-0.15, -0.1) is 0 Å². The average Bonchev–Trinajstić information content (AvgIpc) is 2.69. The lowest BCUT2D eigenvalue weighted by Crippen LogP contribution is -2.31. The van der Waals surface area contributed by atoms with Crippen LogP contribution in [0.25, 0.3) is 16.7 Å². The Bertz CT molecular complexity index is 761. The molecule has 0 saturated heterocycles. The quantitative estimate of drug-likeness (QED) is 0.469. The highest BCUT2D eigenvalue weighted by Crippen LogP contribution is 2.33. The maximum atomic E-state index is 10.6. The van der Waals surface area contributed by atoms with Crippen LogP contribution in [0.5, 0.6) is 0 Å². The van der Waals surface area contributed by atoms with Gasteiger partial charge < -0.3 is 9.84 Å². The van der Waals surface area contributed by atoms with Crippen LogP contribution in [0, 0.1) is 0 Å². The maximum Gasteiger partial charge on any atom is 0.189 e. The van der Waals surface area contributed by atoms with Crippen LogP contribution < -0.4 is 0 Å². The highest BCUT2D eigenvalue weighted by Gasteiger charge is 2.26. The molecule has 0 amide bonds. The van der Waals surface area contributed by atoms with E-state index in [1.807, 2.05) is 12.1 Å². The van der Waals surface area contributed by atoms with Crippen molar-refractivity contribution in [2.24, 2.45) is 0 Å². The van der Waals surface area contributed by atoms with E-state index in [-0.39, 0.29) is 0 Å². The van der Waals surface area contributed by atoms with Crippen molar-refractivity contribution in [2.45, 2.75) is 44.8 Å². The van der Waals surface area contributed by atoms with Gasteiger partial charge in [-0.25, -0.2) is 0 Å². The van der Waals surface area contributed by atoms with Gasteiger partial charge in [0.25, 0.3) is 0 Å². The van der Waals surface area contributed by atoms with Gasteiger partial charge in [-0.1, -0.05) is 92.9 Å². The number of allylic oxidation sites excluding steroid dienone is 2. The zero-order valence-corrected chi connectivity index (χ0v) is 15.5. The second-order valence-electron chi connectivity index (χ2n) is 6.86. The van der Waals surface area contributed by atoms with Crippen molar-refractivity contribution in [1.29, 1.82) is 0 Å². The van der Waals surface area contributed by atoms with E-state index in [0.717, 1.165) is 18.4 Å². The Labute approximate surface area is 156 Å². The molecule has 0 heterocycles. The van der Waals surface area contributed by atoms with Gasteiger partial charge in [-0.05, 0) is 34.8 Å². The number of rotatable bonds is 8. The first-order valence-electron chi connectivity index (χ1n) is 9.62. The first-order valence-corrected chi connectivity index (χ1v) is 9.62. The molecular weight excluding hydrogens is 320 g/mol. The lowest BCUT2D eigenvalue weighted by Gasteiger charge is -2.27. The molecule has 0 fully saturated rings. The fourth-order valence-corrected chi connectivity index (χ4v) is 3.30. The zero-order valence-electron chi connectivity index (χ0n) is 15.5. The summed E-state index contributed by atoms with van der Waals surface area (Å²) in [6.07, 6.45) is 10.9. The minimum atomic E-state index is -1.17. The molecule has 2 aromatic carbocycles. The Morgan fingerprint density at radius 2 is 1.65 bits per heavy atom. The molecule has 2 heteroatoms. The van der Waals surface area contributed by atoms with Crippen molar-refractivity contribution in [3.8, 4) is 11.1 Å². The summed E-state index contributed by atoms with van der Waals surface area (Å²) in [6, 6.07) is 18.8. The van der Waals surface area contributed by atoms with Crippen molar-refractivity contribution < 1.29 is 9.84 Å². The third-order valence-electron chi connectivity index (χ3n) is 4.81. The van der Waals surface area contributed by atoms with E-state index in [9.17, 15) is 5.11 Å². The molecule has 26 heavy (non-hydrogen) atoms. The topological polar surface area (TPSA) is 29.5 Å². The molecule has 2 aromatic rings. The molecular formula is C24H28O2. The second kappa shape index (κ2) is 8.98. The van der Waals surface area contributed by atoms with Crippen LogP contribution in [0.3, 0.4) is 0 Å². The molecule has 0 aromatic heterocycles. The molecule has 0 bridgehead atoms. The number of ether oxygens (including phenoxy) is 1. The number of benzene rings is 2. The van der Waals surface area contributed by atoms with Gasteiger partial charge in [0.1, 0.15) is 0 Å². The zero-order chi connectivity index (χ0) is 18.2. The van der Waals surface area contributed by atoms with Crippen LogP contribution in [0.4, 0.5) is 0 Å². The molecule has 1 atom stereocenters. The predicted molar refractivity (Wildman–Crippen MR) is 109 cm³/mol. The Morgan fingerprint density at radius 1 is 0.923 bits per heavy atom. The van der Waals surface area contributed by atoms with Crippen molar-refractivity contribution in [3.63, 3.8) is 0 Å². The van der Waals surface area contributed by atoms with Crippen LogP contribution in [-0.2, 0) is 4.74 Å². The number of unbranched alkanes of at least 4 members (excludes halogenated alkanes) is 3. The third-order valence-corrected chi connectivity index (χ3v) is 4.81. The van der Waals surface area contributed by atoms with Gasteiger partial charge in [-0.2, -0.15) is 0 Å². The van der Waals surface area contributed by atoms with Crippen LogP contribution in [0.2, 0.25) is 0 Å². The van der Waals surface area contributed by atoms with Gasteiger partial charge in [-0.3, -0.25) is 0 Å². The van der Waals surface area contributed by atoms with Crippen LogP contribution >= 0.6 is 0 Å². The Morgan fingerprint density at radius 3 is 2.35 bits per heavy atom. The minimum absolute atomic E-state index is 0.482. The Hall–Kier alpha value is -2.16. The van der Waals surface area contributed by atoms with Crippen LogP contribution in [-0.4, -0.2) is 17.5 Å².